The number of aryl methyl sites for hydroxylation is 2. The van der Waals surface area contributed by atoms with E-state index in [1.807, 2.05) is 23.5 Å². The van der Waals surface area contributed by atoms with Gasteiger partial charge in [0.15, 0.2) is 0 Å². The Morgan fingerprint density at radius 2 is 1.95 bits per heavy atom. The summed E-state index contributed by atoms with van der Waals surface area (Å²) in [4.78, 5) is 6.01. The van der Waals surface area contributed by atoms with Crippen molar-refractivity contribution in [2.45, 2.75) is 25.7 Å². The third-order valence-corrected chi connectivity index (χ3v) is 5.27. The minimum Gasteiger partial charge on any atom is -0.315 e. The summed E-state index contributed by atoms with van der Waals surface area (Å²) in [5.41, 5.74) is 2.72. The molecule has 2 nitrogen and oxygen atoms in total. The first-order valence-corrected chi connectivity index (χ1v) is 7.68. The minimum absolute atomic E-state index is 0.196. The molecule has 1 aromatic carbocycles. The molecular weight excluding hydrogens is 276 g/mol. The van der Waals surface area contributed by atoms with Crippen LogP contribution >= 0.6 is 22.9 Å². The molecule has 1 saturated heterocycles. The Morgan fingerprint density at radius 1 is 1.26 bits per heavy atom. The number of rotatable bonds is 3. The van der Waals surface area contributed by atoms with Crippen molar-refractivity contribution in [1.29, 1.82) is 0 Å². The molecule has 0 saturated carbocycles. The fraction of sp³-hybridized carbons (Fsp3) is 0.400. The maximum Gasteiger partial charge on any atom is 0.0940 e. The number of thiazole rings is 1. The molecule has 1 aromatic heterocycles. The molecule has 100 valence electrons. The highest BCUT2D eigenvalue weighted by atomic mass is 35.5. The predicted molar refractivity (Wildman–Crippen MR) is 81.3 cm³/mol. The molecule has 0 bridgehead atoms. The Kier molecular flexibility index (Phi) is 3.37. The molecule has 0 aliphatic carbocycles. The number of halogens is 1. The monoisotopic (exact) mass is 292 g/mol. The minimum atomic E-state index is 0.196. The summed E-state index contributed by atoms with van der Waals surface area (Å²) in [6.45, 7) is 6.27. The number of aromatic nitrogens is 1. The lowest BCUT2D eigenvalue weighted by Gasteiger charge is -2.43. The molecular formula is C15H17ClN2S. The van der Waals surface area contributed by atoms with Crippen molar-refractivity contribution in [3.05, 3.63) is 50.4 Å². The summed E-state index contributed by atoms with van der Waals surface area (Å²) < 4.78 is 0. The highest BCUT2D eigenvalue weighted by molar-refractivity contribution is 7.11. The summed E-state index contributed by atoms with van der Waals surface area (Å²) in [5, 5.41) is 5.44. The second kappa shape index (κ2) is 4.89. The molecule has 0 spiro atoms. The van der Waals surface area contributed by atoms with Gasteiger partial charge in [0.2, 0.25) is 0 Å². The highest BCUT2D eigenvalue weighted by Gasteiger charge is 2.39. The summed E-state index contributed by atoms with van der Waals surface area (Å²) in [7, 11) is 0. The molecule has 19 heavy (non-hydrogen) atoms. The molecule has 0 atom stereocenters. The summed E-state index contributed by atoms with van der Waals surface area (Å²) in [5.74, 6) is 0. The van der Waals surface area contributed by atoms with E-state index >= 15 is 0 Å². The Bertz CT molecular complexity index is 565. The molecule has 0 radical (unpaired) electrons. The van der Waals surface area contributed by atoms with E-state index < -0.39 is 0 Å². The number of benzene rings is 1. The molecule has 1 aliphatic rings. The van der Waals surface area contributed by atoms with Crippen molar-refractivity contribution < 1.29 is 0 Å². The fourth-order valence-electron chi connectivity index (χ4n) is 2.57. The second-order valence-corrected chi connectivity index (χ2v) is 7.04. The van der Waals surface area contributed by atoms with Crippen LogP contribution in [0.3, 0.4) is 0 Å². The largest absolute Gasteiger partial charge is 0.315 e. The van der Waals surface area contributed by atoms with E-state index in [1.165, 1.54) is 21.1 Å². The van der Waals surface area contributed by atoms with Crippen LogP contribution in [-0.2, 0) is 11.8 Å². The third-order valence-electron chi connectivity index (χ3n) is 3.95. The van der Waals surface area contributed by atoms with E-state index in [9.17, 15) is 0 Å². The van der Waals surface area contributed by atoms with E-state index in [-0.39, 0.29) is 5.41 Å². The summed E-state index contributed by atoms with van der Waals surface area (Å²) in [6.07, 6.45) is 1.01. The van der Waals surface area contributed by atoms with Crippen molar-refractivity contribution in [3.63, 3.8) is 0 Å². The van der Waals surface area contributed by atoms with Crippen molar-refractivity contribution in [1.82, 2.24) is 10.3 Å². The van der Waals surface area contributed by atoms with Crippen LogP contribution in [0.15, 0.2) is 24.3 Å². The van der Waals surface area contributed by atoms with E-state index in [0.29, 0.717) is 0 Å². The Balaban J connectivity index is 1.89. The quantitative estimate of drug-likeness (QED) is 0.936. The average Bonchev–Trinajstić information content (AvgIpc) is 2.65. The molecule has 0 amide bonds. The van der Waals surface area contributed by atoms with Gasteiger partial charge in [0.25, 0.3) is 0 Å². The Morgan fingerprint density at radius 3 is 2.42 bits per heavy atom. The van der Waals surface area contributed by atoms with Crippen molar-refractivity contribution in [2.75, 3.05) is 13.1 Å². The van der Waals surface area contributed by atoms with Crippen LogP contribution in [0, 0.1) is 13.8 Å². The zero-order valence-corrected chi connectivity index (χ0v) is 12.7. The molecule has 3 rings (SSSR count). The number of nitrogens with one attached hydrogen (secondary N) is 1. The predicted octanol–water partition coefficient (Wildman–Crippen LogP) is 3.50. The Labute approximate surface area is 122 Å². The van der Waals surface area contributed by atoms with Crippen LogP contribution in [0.4, 0.5) is 0 Å². The number of hydrogen-bond donors (Lipinski definition) is 1. The molecule has 4 heteroatoms. The fourth-order valence-corrected chi connectivity index (χ4v) is 3.77. The Hall–Kier alpha value is -0.900. The van der Waals surface area contributed by atoms with E-state index in [1.54, 1.807) is 0 Å². The van der Waals surface area contributed by atoms with Gasteiger partial charge in [-0.1, -0.05) is 23.7 Å². The average molecular weight is 293 g/mol. The molecule has 2 aromatic rings. The molecule has 0 unspecified atom stereocenters. The lowest BCUT2D eigenvalue weighted by Crippen LogP contribution is -2.58. The molecule has 1 N–H and O–H groups in total. The molecule has 1 aliphatic heterocycles. The van der Waals surface area contributed by atoms with Gasteiger partial charge in [0, 0.05) is 34.8 Å². The van der Waals surface area contributed by atoms with Crippen LogP contribution in [0.5, 0.6) is 0 Å². The van der Waals surface area contributed by atoms with Gasteiger partial charge in [0.1, 0.15) is 0 Å². The van der Waals surface area contributed by atoms with Gasteiger partial charge in [-0.05, 0) is 31.5 Å². The van der Waals surface area contributed by atoms with E-state index in [2.05, 4.69) is 36.3 Å². The van der Waals surface area contributed by atoms with Gasteiger partial charge in [-0.2, -0.15) is 0 Å². The van der Waals surface area contributed by atoms with Crippen LogP contribution in [0.25, 0.3) is 0 Å². The number of nitrogens with zero attached hydrogens (tertiary/aromatic N) is 1. The van der Waals surface area contributed by atoms with Crippen molar-refractivity contribution in [3.8, 4) is 0 Å². The maximum atomic E-state index is 5.98. The lowest BCUT2D eigenvalue weighted by atomic mass is 9.73. The third kappa shape index (κ3) is 2.42. The van der Waals surface area contributed by atoms with Gasteiger partial charge in [-0.15, -0.1) is 11.3 Å². The summed E-state index contributed by atoms with van der Waals surface area (Å²) in [6, 6.07) is 8.26. The van der Waals surface area contributed by atoms with Crippen molar-refractivity contribution >= 4 is 22.9 Å². The SMILES string of the molecule is Cc1nc(CC2(c3ccc(Cl)cc3)CNC2)sc1C. The van der Waals surface area contributed by atoms with Crippen molar-refractivity contribution in [2.24, 2.45) is 0 Å². The highest BCUT2D eigenvalue weighted by Crippen LogP contribution is 2.34. The van der Waals surface area contributed by atoms with Crippen LogP contribution in [0.2, 0.25) is 5.02 Å². The van der Waals surface area contributed by atoms with E-state index in [4.69, 9.17) is 11.6 Å². The van der Waals surface area contributed by atoms with Gasteiger partial charge in [-0.25, -0.2) is 4.98 Å². The first-order valence-electron chi connectivity index (χ1n) is 6.49. The first kappa shape index (κ1) is 13.1. The number of hydrogen-bond acceptors (Lipinski definition) is 3. The smallest absolute Gasteiger partial charge is 0.0940 e. The van der Waals surface area contributed by atoms with Gasteiger partial charge >= 0.3 is 0 Å². The molecule has 2 heterocycles. The summed E-state index contributed by atoms with van der Waals surface area (Å²) >= 11 is 7.80. The van der Waals surface area contributed by atoms with Gasteiger partial charge < -0.3 is 5.32 Å². The normalized spacial score (nSPS) is 17.2. The zero-order valence-electron chi connectivity index (χ0n) is 11.2. The first-order chi connectivity index (χ1) is 9.09. The van der Waals surface area contributed by atoms with E-state index in [0.717, 1.165) is 24.5 Å². The standard InChI is InChI=1S/C15H17ClN2S/c1-10-11(2)19-14(18-10)7-15(8-17-9-15)12-3-5-13(16)6-4-12/h3-6,17H,7-9H2,1-2H3. The zero-order chi connectivity index (χ0) is 13.5. The maximum absolute atomic E-state index is 5.98. The van der Waals surface area contributed by atoms with Crippen LogP contribution < -0.4 is 5.32 Å². The lowest BCUT2D eigenvalue weighted by molar-refractivity contribution is 0.274. The van der Waals surface area contributed by atoms with Gasteiger partial charge in [0.05, 0.1) is 10.7 Å². The van der Waals surface area contributed by atoms with Gasteiger partial charge in [-0.3, -0.25) is 0 Å². The second-order valence-electron chi connectivity index (χ2n) is 5.32. The topological polar surface area (TPSA) is 24.9 Å². The van der Waals surface area contributed by atoms with Crippen LogP contribution in [-0.4, -0.2) is 18.1 Å². The molecule has 1 fully saturated rings. The van der Waals surface area contributed by atoms with Crippen LogP contribution in [0.1, 0.15) is 21.1 Å².